The number of rotatable bonds is 6. The fourth-order valence-corrected chi connectivity index (χ4v) is 3.64. The van der Waals surface area contributed by atoms with Gasteiger partial charge < -0.3 is 9.30 Å². The van der Waals surface area contributed by atoms with Crippen LogP contribution in [0.5, 0.6) is 0 Å². The first-order valence-corrected chi connectivity index (χ1v) is 8.82. The summed E-state index contributed by atoms with van der Waals surface area (Å²) in [5, 5.41) is 22.0. The third-order valence-electron chi connectivity index (χ3n) is 3.88. The molecule has 0 aliphatic heterocycles. The van der Waals surface area contributed by atoms with Crippen LogP contribution in [0, 0.1) is 20.2 Å². The molecule has 11 heteroatoms. The van der Waals surface area contributed by atoms with Crippen molar-refractivity contribution in [1.29, 1.82) is 0 Å². The summed E-state index contributed by atoms with van der Waals surface area (Å²) >= 11 is 1.27. The second-order valence-corrected chi connectivity index (χ2v) is 6.68. The van der Waals surface area contributed by atoms with Gasteiger partial charge in [-0.25, -0.2) is 0 Å². The highest BCUT2D eigenvalue weighted by molar-refractivity contribution is 7.16. The largest absolute Gasteiger partial charge is 0.383 e. The van der Waals surface area contributed by atoms with Crippen molar-refractivity contribution in [3.63, 3.8) is 0 Å². The van der Waals surface area contributed by atoms with E-state index in [-0.39, 0.29) is 5.56 Å². The van der Waals surface area contributed by atoms with E-state index in [0.29, 0.717) is 18.0 Å². The Hall–Kier alpha value is -3.44. The number of fused-ring (bicyclic) bond motifs is 1. The predicted octanol–water partition coefficient (Wildman–Crippen LogP) is 2.91. The Morgan fingerprint density at radius 1 is 1.14 bits per heavy atom. The molecule has 1 heterocycles. The number of carbonyl (C=O) groups is 1. The third kappa shape index (κ3) is 3.94. The van der Waals surface area contributed by atoms with Gasteiger partial charge in [0.2, 0.25) is 0 Å². The fraction of sp³-hybridized carbons (Fsp3) is 0.176. The van der Waals surface area contributed by atoms with Crippen LogP contribution in [0.4, 0.5) is 11.4 Å². The van der Waals surface area contributed by atoms with E-state index in [1.165, 1.54) is 11.3 Å². The number of benzene rings is 2. The van der Waals surface area contributed by atoms with E-state index < -0.39 is 27.1 Å². The Balaban J connectivity index is 2.12. The van der Waals surface area contributed by atoms with Gasteiger partial charge in [-0.1, -0.05) is 23.5 Å². The number of thiazole rings is 1. The molecule has 2 aromatic carbocycles. The molecule has 144 valence electrons. The van der Waals surface area contributed by atoms with Crippen LogP contribution in [-0.2, 0) is 11.3 Å². The number of para-hydroxylation sites is 1. The monoisotopic (exact) mass is 402 g/mol. The zero-order chi connectivity index (χ0) is 20.3. The van der Waals surface area contributed by atoms with Gasteiger partial charge in [-0.3, -0.25) is 25.0 Å². The summed E-state index contributed by atoms with van der Waals surface area (Å²) in [5.41, 5.74) is -0.453. The summed E-state index contributed by atoms with van der Waals surface area (Å²) in [6, 6.07) is 10.2. The van der Waals surface area contributed by atoms with Gasteiger partial charge in [0.25, 0.3) is 17.3 Å². The van der Waals surface area contributed by atoms with Crippen LogP contribution >= 0.6 is 11.3 Å². The molecule has 0 spiro atoms. The Morgan fingerprint density at radius 3 is 2.39 bits per heavy atom. The lowest BCUT2D eigenvalue weighted by Crippen LogP contribution is -2.19. The molecule has 0 bridgehead atoms. The maximum Gasteiger partial charge on any atom is 0.280 e. The minimum absolute atomic E-state index is 0.225. The standard InChI is InChI=1S/C17H14N4O6S/c1-27-7-6-19-14-4-2-3-5-15(14)28-17(19)18-16(22)11-8-12(20(23)24)10-13(9-11)21(25)26/h2-5,8-10H,6-7H2,1H3. The van der Waals surface area contributed by atoms with Crippen molar-refractivity contribution >= 4 is 38.8 Å². The van der Waals surface area contributed by atoms with Crippen LogP contribution in [0.25, 0.3) is 10.2 Å². The summed E-state index contributed by atoms with van der Waals surface area (Å²) in [6.45, 7) is 0.839. The number of ether oxygens (including phenoxy) is 1. The minimum Gasteiger partial charge on any atom is -0.383 e. The summed E-state index contributed by atoms with van der Waals surface area (Å²) in [7, 11) is 1.55. The van der Waals surface area contributed by atoms with E-state index in [4.69, 9.17) is 4.74 Å². The van der Waals surface area contributed by atoms with Crippen molar-refractivity contribution < 1.29 is 19.4 Å². The molecule has 0 radical (unpaired) electrons. The first-order valence-electron chi connectivity index (χ1n) is 8.01. The van der Waals surface area contributed by atoms with Crippen LogP contribution in [0.2, 0.25) is 0 Å². The van der Waals surface area contributed by atoms with Gasteiger partial charge in [0.1, 0.15) is 0 Å². The Labute approximate surface area is 161 Å². The number of non-ortho nitro benzene ring substituents is 2. The number of nitrogens with zero attached hydrogens (tertiary/aromatic N) is 4. The molecule has 0 unspecified atom stereocenters. The van der Waals surface area contributed by atoms with Crippen LogP contribution in [0.1, 0.15) is 10.4 Å². The third-order valence-corrected chi connectivity index (χ3v) is 4.93. The van der Waals surface area contributed by atoms with Gasteiger partial charge in [-0.15, -0.1) is 0 Å². The van der Waals surface area contributed by atoms with E-state index in [1.807, 2.05) is 24.3 Å². The van der Waals surface area contributed by atoms with E-state index in [0.717, 1.165) is 28.4 Å². The smallest absolute Gasteiger partial charge is 0.280 e. The molecule has 0 N–H and O–H groups in total. The number of carbonyl (C=O) groups excluding carboxylic acids is 1. The van der Waals surface area contributed by atoms with Gasteiger partial charge in [0.05, 0.1) is 38.3 Å². The van der Waals surface area contributed by atoms with Crippen molar-refractivity contribution in [3.8, 4) is 0 Å². The topological polar surface area (TPSA) is 130 Å². The van der Waals surface area contributed by atoms with Gasteiger partial charge in [0.15, 0.2) is 4.80 Å². The molecule has 0 aliphatic rings. The summed E-state index contributed by atoms with van der Waals surface area (Å²) in [5.74, 6) is -0.801. The molecule has 0 aliphatic carbocycles. The average molecular weight is 402 g/mol. The van der Waals surface area contributed by atoms with Crippen LogP contribution in [0.15, 0.2) is 47.5 Å². The zero-order valence-electron chi connectivity index (χ0n) is 14.6. The van der Waals surface area contributed by atoms with E-state index in [1.54, 1.807) is 11.7 Å². The molecule has 3 rings (SSSR count). The zero-order valence-corrected chi connectivity index (χ0v) is 15.4. The number of nitro benzene ring substituents is 2. The summed E-state index contributed by atoms with van der Waals surface area (Å²) in [4.78, 5) is 37.5. The Morgan fingerprint density at radius 2 is 1.79 bits per heavy atom. The van der Waals surface area contributed by atoms with Gasteiger partial charge >= 0.3 is 0 Å². The SMILES string of the molecule is COCCn1c(=NC(=O)c2cc([N+](=O)[O-])cc([N+](=O)[O-])c2)sc2ccccc21. The second-order valence-electron chi connectivity index (χ2n) is 5.67. The molecular weight excluding hydrogens is 388 g/mol. The van der Waals surface area contributed by atoms with Crippen LogP contribution in [-0.4, -0.2) is 34.0 Å². The molecule has 0 saturated carbocycles. The molecule has 0 fully saturated rings. The Kier molecular flexibility index (Phi) is 5.57. The molecular formula is C17H14N4O6S. The summed E-state index contributed by atoms with van der Waals surface area (Å²) in [6.07, 6.45) is 0. The average Bonchev–Trinajstić information content (AvgIpc) is 3.02. The van der Waals surface area contributed by atoms with E-state index in [2.05, 4.69) is 4.99 Å². The lowest BCUT2D eigenvalue weighted by atomic mass is 10.1. The Bertz CT molecular complexity index is 1120. The molecule has 10 nitrogen and oxygen atoms in total. The molecule has 1 amide bonds. The van der Waals surface area contributed by atoms with Crippen molar-refractivity contribution in [1.82, 2.24) is 4.57 Å². The van der Waals surface area contributed by atoms with Crippen molar-refractivity contribution in [2.75, 3.05) is 13.7 Å². The molecule has 1 aromatic heterocycles. The highest BCUT2D eigenvalue weighted by atomic mass is 32.1. The highest BCUT2D eigenvalue weighted by Gasteiger charge is 2.20. The van der Waals surface area contributed by atoms with Crippen LogP contribution < -0.4 is 4.80 Å². The molecule has 28 heavy (non-hydrogen) atoms. The van der Waals surface area contributed by atoms with Crippen LogP contribution in [0.3, 0.4) is 0 Å². The number of amides is 1. The molecule has 0 saturated heterocycles. The van der Waals surface area contributed by atoms with E-state index >= 15 is 0 Å². The number of hydrogen-bond acceptors (Lipinski definition) is 7. The maximum absolute atomic E-state index is 12.6. The lowest BCUT2D eigenvalue weighted by molar-refractivity contribution is -0.394. The second kappa shape index (κ2) is 8.06. The normalized spacial score (nSPS) is 11.7. The van der Waals surface area contributed by atoms with E-state index in [9.17, 15) is 25.0 Å². The number of nitro groups is 2. The number of methoxy groups -OCH3 is 1. The fourth-order valence-electron chi connectivity index (χ4n) is 2.59. The van der Waals surface area contributed by atoms with Gasteiger partial charge in [0, 0.05) is 25.8 Å². The summed E-state index contributed by atoms with van der Waals surface area (Å²) < 4.78 is 7.80. The van der Waals surface area contributed by atoms with Crippen molar-refractivity contribution in [2.24, 2.45) is 4.99 Å². The van der Waals surface area contributed by atoms with Crippen molar-refractivity contribution in [3.05, 3.63) is 73.1 Å². The van der Waals surface area contributed by atoms with Gasteiger partial charge in [-0.05, 0) is 12.1 Å². The number of aromatic nitrogens is 1. The van der Waals surface area contributed by atoms with Crippen molar-refractivity contribution in [2.45, 2.75) is 6.54 Å². The quantitative estimate of drug-likeness (QED) is 0.460. The lowest BCUT2D eigenvalue weighted by Gasteiger charge is -2.04. The van der Waals surface area contributed by atoms with Gasteiger partial charge in [-0.2, -0.15) is 4.99 Å². The maximum atomic E-state index is 12.6. The first-order chi connectivity index (χ1) is 13.4. The highest BCUT2D eigenvalue weighted by Crippen LogP contribution is 2.23. The molecule has 0 atom stereocenters. The molecule has 3 aromatic rings. The minimum atomic E-state index is -0.801. The first kappa shape index (κ1) is 19.3. The number of hydrogen-bond donors (Lipinski definition) is 0. The predicted molar refractivity (Wildman–Crippen MR) is 101 cm³/mol.